The number of benzene rings is 1. The Morgan fingerprint density at radius 1 is 1.56 bits per heavy atom. The number of hydrogen-bond acceptors (Lipinski definition) is 3. The summed E-state index contributed by atoms with van der Waals surface area (Å²) in [6.45, 7) is 4.04. The minimum Gasteiger partial charge on any atom is -0.296 e. The summed E-state index contributed by atoms with van der Waals surface area (Å²) in [6, 6.07) is 5.69. The number of hydrogen-bond donors (Lipinski definition) is 0. The summed E-state index contributed by atoms with van der Waals surface area (Å²) in [7, 11) is 0. The van der Waals surface area contributed by atoms with Crippen LogP contribution in [0.3, 0.4) is 0 Å². The molecule has 5 heteroatoms. The van der Waals surface area contributed by atoms with Crippen LogP contribution in [0.4, 0.5) is 5.69 Å². The van der Waals surface area contributed by atoms with Crippen LogP contribution in [0.15, 0.2) is 18.2 Å². The van der Waals surface area contributed by atoms with Gasteiger partial charge in [-0.25, -0.2) is 0 Å². The van der Waals surface area contributed by atoms with Gasteiger partial charge in [-0.05, 0) is 37.4 Å². The second-order valence-electron chi connectivity index (χ2n) is 4.72. The highest BCUT2D eigenvalue weighted by molar-refractivity contribution is 6.32. The third-order valence-electron chi connectivity index (χ3n) is 3.56. The van der Waals surface area contributed by atoms with Gasteiger partial charge < -0.3 is 0 Å². The molecule has 2 rings (SSSR count). The quantitative estimate of drug-likeness (QED) is 0.619. The lowest BCUT2D eigenvalue weighted by molar-refractivity contribution is -0.384. The average molecular weight is 269 g/mol. The Morgan fingerprint density at radius 2 is 2.33 bits per heavy atom. The lowest BCUT2D eigenvalue weighted by atomic mass is 10.1. The minimum atomic E-state index is -0.423. The van der Waals surface area contributed by atoms with Crippen molar-refractivity contribution >= 4 is 17.3 Å². The second kappa shape index (κ2) is 5.67. The first kappa shape index (κ1) is 13.3. The molecule has 1 aromatic carbocycles. The summed E-state index contributed by atoms with van der Waals surface area (Å²) in [5.74, 6) is 0. The van der Waals surface area contributed by atoms with Crippen LogP contribution >= 0.6 is 11.6 Å². The molecule has 1 unspecified atom stereocenters. The first-order valence-electron chi connectivity index (χ1n) is 6.28. The fourth-order valence-corrected chi connectivity index (χ4v) is 2.78. The molecule has 1 heterocycles. The Hall–Kier alpha value is -1.13. The van der Waals surface area contributed by atoms with Gasteiger partial charge in [0.1, 0.15) is 5.02 Å². The maximum absolute atomic E-state index is 10.8. The molecule has 0 aliphatic carbocycles. The summed E-state index contributed by atoms with van der Waals surface area (Å²) in [4.78, 5) is 12.8. The van der Waals surface area contributed by atoms with E-state index in [4.69, 9.17) is 11.6 Å². The molecule has 18 heavy (non-hydrogen) atoms. The van der Waals surface area contributed by atoms with Gasteiger partial charge in [-0.2, -0.15) is 0 Å². The molecule has 0 N–H and O–H groups in total. The molecule has 1 aliphatic rings. The Balaban J connectivity index is 2.14. The Labute approximate surface area is 112 Å². The zero-order valence-electron chi connectivity index (χ0n) is 10.4. The van der Waals surface area contributed by atoms with Gasteiger partial charge in [-0.1, -0.05) is 24.6 Å². The third kappa shape index (κ3) is 2.82. The van der Waals surface area contributed by atoms with Gasteiger partial charge in [0.2, 0.25) is 0 Å². The van der Waals surface area contributed by atoms with Crippen LogP contribution in [0.2, 0.25) is 5.02 Å². The zero-order valence-corrected chi connectivity index (χ0v) is 11.2. The molecule has 0 saturated carbocycles. The van der Waals surface area contributed by atoms with Crippen molar-refractivity contribution in [1.82, 2.24) is 4.90 Å². The summed E-state index contributed by atoms with van der Waals surface area (Å²) in [5.41, 5.74) is 0.966. The van der Waals surface area contributed by atoms with E-state index in [1.807, 2.05) is 6.07 Å². The molecule has 1 fully saturated rings. The standard InChI is InChI=1S/C13H17ClN2O2/c1-2-11-4-3-7-15(11)9-10-5-6-12(14)13(8-10)16(17)18/h5-6,8,11H,2-4,7,9H2,1H3. The molecule has 98 valence electrons. The van der Waals surface area contributed by atoms with Gasteiger partial charge >= 0.3 is 0 Å². The van der Waals surface area contributed by atoms with Gasteiger partial charge in [0, 0.05) is 18.7 Å². The van der Waals surface area contributed by atoms with E-state index >= 15 is 0 Å². The number of nitro groups is 1. The number of rotatable bonds is 4. The van der Waals surface area contributed by atoms with E-state index in [0.717, 1.165) is 25.1 Å². The van der Waals surface area contributed by atoms with E-state index in [-0.39, 0.29) is 10.7 Å². The minimum absolute atomic E-state index is 0.00131. The largest absolute Gasteiger partial charge is 0.296 e. The molecule has 1 aromatic rings. The molecule has 0 aromatic heterocycles. The molecule has 1 saturated heterocycles. The fraction of sp³-hybridized carbons (Fsp3) is 0.538. The molecule has 0 radical (unpaired) electrons. The highest BCUT2D eigenvalue weighted by Crippen LogP contribution is 2.27. The van der Waals surface area contributed by atoms with Gasteiger partial charge in [0.15, 0.2) is 0 Å². The van der Waals surface area contributed by atoms with Gasteiger partial charge in [0.25, 0.3) is 5.69 Å². The average Bonchev–Trinajstić information content (AvgIpc) is 2.78. The monoisotopic (exact) mass is 268 g/mol. The maximum Gasteiger partial charge on any atom is 0.288 e. The van der Waals surface area contributed by atoms with Crippen LogP contribution in [0.1, 0.15) is 31.7 Å². The second-order valence-corrected chi connectivity index (χ2v) is 5.12. The van der Waals surface area contributed by atoms with Gasteiger partial charge in [0.05, 0.1) is 4.92 Å². The van der Waals surface area contributed by atoms with Gasteiger partial charge in [-0.3, -0.25) is 15.0 Å². The molecular formula is C13H17ClN2O2. The van der Waals surface area contributed by atoms with Gasteiger partial charge in [-0.15, -0.1) is 0 Å². The van der Waals surface area contributed by atoms with Crippen molar-refractivity contribution in [3.8, 4) is 0 Å². The van der Waals surface area contributed by atoms with E-state index in [2.05, 4.69) is 11.8 Å². The smallest absolute Gasteiger partial charge is 0.288 e. The third-order valence-corrected chi connectivity index (χ3v) is 3.88. The van der Waals surface area contributed by atoms with Crippen molar-refractivity contribution in [3.63, 3.8) is 0 Å². The van der Waals surface area contributed by atoms with Crippen molar-refractivity contribution in [1.29, 1.82) is 0 Å². The fourth-order valence-electron chi connectivity index (χ4n) is 2.60. The van der Waals surface area contributed by atoms with Crippen molar-refractivity contribution in [2.75, 3.05) is 6.54 Å². The van der Waals surface area contributed by atoms with Crippen LogP contribution in [-0.2, 0) is 6.54 Å². The first-order valence-corrected chi connectivity index (χ1v) is 6.66. The molecular weight excluding hydrogens is 252 g/mol. The predicted octanol–water partition coefficient (Wildman–Crippen LogP) is 3.62. The molecule has 1 aliphatic heterocycles. The maximum atomic E-state index is 10.8. The van der Waals surface area contributed by atoms with E-state index < -0.39 is 4.92 Å². The number of nitrogens with zero attached hydrogens (tertiary/aromatic N) is 2. The summed E-state index contributed by atoms with van der Waals surface area (Å²) < 4.78 is 0. The normalized spacial score (nSPS) is 20.2. The SMILES string of the molecule is CCC1CCCN1Cc1ccc(Cl)c([N+](=O)[O-])c1. The van der Waals surface area contributed by atoms with Crippen LogP contribution in [0.25, 0.3) is 0 Å². The van der Waals surface area contributed by atoms with Crippen molar-refractivity contribution in [3.05, 3.63) is 38.9 Å². The Kier molecular flexibility index (Phi) is 4.19. The Morgan fingerprint density at radius 3 is 3.00 bits per heavy atom. The van der Waals surface area contributed by atoms with Crippen LogP contribution in [0.5, 0.6) is 0 Å². The number of halogens is 1. The first-order chi connectivity index (χ1) is 8.61. The van der Waals surface area contributed by atoms with Crippen molar-refractivity contribution in [2.45, 2.75) is 38.8 Å². The van der Waals surface area contributed by atoms with Crippen molar-refractivity contribution < 1.29 is 4.92 Å². The van der Waals surface area contributed by atoms with E-state index in [1.54, 1.807) is 12.1 Å². The molecule has 0 bridgehead atoms. The van der Waals surface area contributed by atoms with E-state index in [1.165, 1.54) is 12.8 Å². The van der Waals surface area contributed by atoms with E-state index in [9.17, 15) is 10.1 Å². The molecule has 0 amide bonds. The highest BCUT2D eigenvalue weighted by atomic mass is 35.5. The molecule has 0 spiro atoms. The predicted molar refractivity (Wildman–Crippen MR) is 71.8 cm³/mol. The molecule has 4 nitrogen and oxygen atoms in total. The van der Waals surface area contributed by atoms with Crippen LogP contribution in [-0.4, -0.2) is 22.4 Å². The number of nitro benzene ring substituents is 1. The van der Waals surface area contributed by atoms with Crippen LogP contribution < -0.4 is 0 Å². The topological polar surface area (TPSA) is 46.4 Å². The lowest BCUT2D eigenvalue weighted by Gasteiger charge is -2.23. The highest BCUT2D eigenvalue weighted by Gasteiger charge is 2.23. The summed E-state index contributed by atoms with van der Waals surface area (Å²) in [5, 5.41) is 11.0. The summed E-state index contributed by atoms with van der Waals surface area (Å²) in [6.07, 6.45) is 3.58. The zero-order chi connectivity index (χ0) is 13.1. The molecule has 1 atom stereocenters. The number of likely N-dealkylation sites (tertiary alicyclic amines) is 1. The van der Waals surface area contributed by atoms with Crippen LogP contribution in [0, 0.1) is 10.1 Å². The lowest BCUT2D eigenvalue weighted by Crippen LogP contribution is -2.28. The van der Waals surface area contributed by atoms with Crippen molar-refractivity contribution in [2.24, 2.45) is 0 Å². The van der Waals surface area contributed by atoms with E-state index in [0.29, 0.717) is 6.04 Å². The Bertz CT molecular complexity index is 451. The summed E-state index contributed by atoms with van der Waals surface area (Å²) >= 11 is 5.81.